The van der Waals surface area contributed by atoms with Gasteiger partial charge in [-0.2, -0.15) is 0 Å². The van der Waals surface area contributed by atoms with Crippen molar-refractivity contribution in [1.29, 1.82) is 0 Å². The summed E-state index contributed by atoms with van der Waals surface area (Å²) in [4.78, 5) is 22.1. The molecular formula is C8H12O9. The summed E-state index contributed by atoms with van der Waals surface area (Å²) in [7, 11) is 0. The van der Waals surface area contributed by atoms with E-state index < -0.39 is 49.3 Å². The second-order valence-corrected chi connectivity index (χ2v) is 3.44. The van der Waals surface area contributed by atoms with Gasteiger partial charge < -0.3 is 35.0 Å². The molecule has 1 heterocycles. The quantitative estimate of drug-likeness (QED) is 0.318. The summed E-state index contributed by atoms with van der Waals surface area (Å²) in [6.45, 7) is -0.971. The molecule has 0 saturated carbocycles. The van der Waals surface area contributed by atoms with Gasteiger partial charge in [0.05, 0.1) is 13.0 Å². The lowest BCUT2D eigenvalue weighted by Gasteiger charge is -2.30. The smallest absolute Gasteiger partial charge is 0.396 e. The summed E-state index contributed by atoms with van der Waals surface area (Å²) >= 11 is 0. The number of hydrogen-bond acceptors (Lipinski definition) is 9. The van der Waals surface area contributed by atoms with Crippen molar-refractivity contribution in [3.05, 3.63) is 0 Å². The summed E-state index contributed by atoms with van der Waals surface area (Å²) in [6, 6.07) is 0. The molecular weight excluding hydrogens is 240 g/mol. The maximum atomic E-state index is 11.1. The number of cyclic esters (lactones) is 2. The number of carbonyl (C=O) groups excluding carboxylic acids is 2. The molecule has 1 aliphatic rings. The van der Waals surface area contributed by atoms with Crippen LogP contribution in [0.25, 0.3) is 0 Å². The Morgan fingerprint density at radius 3 is 2.47 bits per heavy atom. The normalized spacial score (nSPS) is 33.4. The number of ether oxygens (including phenoxy) is 2. The molecule has 9 nitrogen and oxygen atoms in total. The van der Waals surface area contributed by atoms with E-state index in [0.717, 1.165) is 0 Å². The number of esters is 2. The Labute approximate surface area is 94.8 Å². The Kier molecular flexibility index (Phi) is 4.01. The first kappa shape index (κ1) is 13.8. The summed E-state index contributed by atoms with van der Waals surface area (Å²) in [5.74, 6) is -5.76. The predicted octanol–water partition coefficient (Wildman–Crippen LogP) is -3.80. The highest BCUT2D eigenvalue weighted by atomic mass is 16.9. The maximum absolute atomic E-state index is 11.1. The van der Waals surface area contributed by atoms with Gasteiger partial charge in [-0.15, -0.1) is 0 Å². The van der Waals surface area contributed by atoms with Crippen LogP contribution in [0, 0.1) is 0 Å². The molecule has 1 aliphatic heterocycles. The van der Waals surface area contributed by atoms with E-state index in [9.17, 15) is 19.8 Å². The molecule has 5 N–H and O–H groups in total. The fourth-order valence-electron chi connectivity index (χ4n) is 1.14. The van der Waals surface area contributed by atoms with Gasteiger partial charge in [0.25, 0.3) is 0 Å². The van der Waals surface area contributed by atoms with Crippen LogP contribution in [0.3, 0.4) is 0 Å². The average Bonchev–Trinajstić information content (AvgIpc) is 2.34. The van der Waals surface area contributed by atoms with Crippen LogP contribution in [-0.2, 0) is 19.1 Å². The highest BCUT2D eigenvalue weighted by Gasteiger charge is 2.51. The number of hydrogen-bond donors (Lipinski definition) is 5. The van der Waals surface area contributed by atoms with Crippen LogP contribution < -0.4 is 0 Å². The molecule has 1 saturated heterocycles. The van der Waals surface area contributed by atoms with Gasteiger partial charge in [-0.25, -0.2) is 4.79 Å². The molecule has 4 atom stereocenters. The fourth-order valence-corrected chi connectivity index (χ4v) is 1.14. The Morgan fingerprint density at radius 1 is 1.35 bits per heavy atom. The molecule has 0 aliphatic carbocycles. The molecule has 0 bridgehead atoms. The van der Waals surface area contributed by atoms with Crippen molar-refractivity contribution in [2.75, 3.05) is 6.61 Å². The Hall–Kier alpha value is -1.26. The van der Waals surface area contributed by atoms with Crippen molar-refractivity contribution in [2.45, 2.75) is 30.7 Å². The van der Waals surface area contributed by atoms with E-state index in [4.69, 9.17) is 15.3 Å². The molecule has 0 amide bonds. The summed E-state index contributed by atoms with van der Waals surface area (Å²) in [5, 5.41) is 45.6. The Morgan fingerprint density at radius 2 is 1.94 bits per heavy atom. The zero-order valence-electron chi connectivity index (χ0n) is 8.52. The van der Waals surface area contributed by atoms with Gasteiger partial charge >= 0.3 is 17.9 Å². The number of rotatable bonds is 3. The van der Waals surface area contributed by atoms with Crippen LogP contribution in [0.2, 0.25) is 0 Å². The highest BCUT2D eigenvalue weighted by Crippen LogP contribution is 2.23. The summed E-state index contributed by atoms with van der Waals surface area (Å²) in [6.07, 6.45) is -6.78. The van der Waals surface area contributed by atoms with E-state index in [0.29, 0.717) is 0 Å². The van der Waals surface area contributed by atoms with Crippen molar-refractivity contribution < 1.29 is 44.6 Å². The van der Waals surface area contributed by atoms with Crippen molar-refractivity contribution in [1.82, 2.24) is 0 Å². The largest absolute Gasteiger partial charge is 0.403 e. The highest BCUT2D eigenvalue weighted by molar-refractivity contribution is 5.83. The number of aliphatic hydroxyl groups is 5. The summed E-state index contributed by atoms with van der Waals surface area (Å²) < 4.78 is 8.39. The predicted molar refractivity (Wildman–Crippen MR) is 46.9 cm³/mol. The lowest BCUT2D eigenvalue weighted by Crippen LogP contribution is -2.55. The van der Waals surface area contributed by atoms with Crippen LogP contribution in [-0.4, -0.2) is 68.4 Å². The van der Waals surface area contributed by atoms with Gasteiger partial charge in [-0.1, -0.05) is 0 Å². The van der Waals surface area contributed by atoms with Gasteiger partial charge in [0.2, 0.25) is 0 Å². The zero-order chi connectivity index (χ0) is 13.2. The first-order valence-electron chi connectivity index (χ1n) is 4.62. The fraction of sp³-hybridized carbons (Fsp3) is 0.750. The Balaban J connectivity index is 2.93. The topological polar surface area (TPSA) is 154 Å². The lowest BCUT2D eigenvalue weighted by molar-refractivity contribution is -0.369. The molecule has 0 aromatic rings. The van der Waals surface area contributed by atoms with E-state index in [1.807, 2.05) is 0 Å². The van der Waals surface area contributed by atoms with Gasteiger partial charge in [-0.05, 0) is 0 Å². The van der Waals surface area contributed by atoms with Crippen LogP contribution in [0.4, 0.5) is 0 Å². The van der Waals surface area contributed by atoms with E-state index in [2.05, 4.69) is 9.47 Å². The molecule has 0 radical (unpaired) electrons. The molecule has 0 aromatic heterocycles. The number of aliphatic hydroxyl groups excluding tert-OH is 4. The van der Waals surface area contributed by atoms with Crippen LogP contribution in [0.5, 0.6) is 0 Å². The van der Waals surface area contributed by atoms with Gasteiger partial charge in [0.1, 0.15) is 6.10 Å². The standard InChI is InChI=1S/C8H12O9/c9-2-4(11)6(13)8(15)16-5(12)1-3(10)7(14)17-8/h3-4,6,9-11,13,15H,1-2H2. The van der Waals surface area contributed by atoms with E-state index in [1.54, 1.807) is 0 Å². The lowest BCUT2D eigenvalue weighted by atomic mass is 10.2. The van der Waals surface area contributed by atoms with E-state index >= 15 is 0 Å². The molecule has 1 fully saturated rings. The zero-order valence-corrected chi connectivity index (χ0v) is 8.52. The SMILES string of the molecule is O=C1CC(O)C(=O)OC(O)(C(O)C(O)CO)O1. The van der Waals surface area contributed by atoms with Crippen molar-refractivity contribution in [3.63, 3.8) is 0 Å². The third-order valence-electron chi connectivity index (χ3n) is 2.06. The van der Waals surface area contributed by atoms with Crippen LogP contribution in [0.1, 0.15) is 6.42 Å². The van der Waals surface area contributed by atoms with Crippen LogP contribution >= 0.6 is 0 Å². The molecule has 0 aromatic carbocycles. The summed E-state index contributed by atoms with van der Waals surface area (Å²) in [5.41, 5.74) is 0. The second kappa shape index (κ2) is 4.94. The van der Waals surface area contributed by atoms with E-state index in [-0.39, 0.29) is 0 Å². The van der Waals surface area contributed by atoms with Crippen molar-refractivity contribution in [2.24, 2.45) is 0 Å². The average molecular weight is 252 g/mol. The first-order chi connectivity index (χ1) is 7.80. The first-order valence-corrected chi connectivity index (χ1v) is 4.62. The third-order valence-corrected chi connectivity index (χ3v) is 2.06. The molecule has 17 heavy (non-hydrogen) atoms. The maximum Gasteiger partial charge on any atom is 0.403 e. The van der Waals surface area contributed by atoms with Gasteiger partial charge in [0.15, 0.2) is 12.2 Å². The minimum absolute atomic E-state index is 0.761. The van der Waals surface area contributed by atoms with Crippen molar-refractivity contribution >= 4 is 11.9 Å². The molecule has 0 spiro atoms. The van der Waals surface area contributed by atoms with Crippen molar-refractivity contribution in [3.8, 4) is 0 Å². The Bertz CT molecular complexity index is 316. The molecule has 4 unspecified atom stereocenters. The molecule has 98 valence electrons. The monoisotopic (exact) mass is 252 g/mol. The minimum Gasteiger partial charge on any atom is -0.396 e. The minimum atomic E-state index is -3.15. The van der Waals surface area contributed by atoms with Crippen LogP contribution in [0.15, 0.2) is 0 Å². The molecule has 1 rings (SSSR count). The molecule has 9 heteroatoms. The van der Waals surface area contributed by atoms with E-state index in [1.165, 1.54) is 0 Å². The van der Waals surface area contributed by atoms with Gasteiger partial charge in [0, 0.05) is 0 Å². The number of carbonyl (C=O) groups is 2. The third kappa shape index (κ3) is 2.90. The van der Waals surface area contributed by atoms with Gasteiger partial charge in [-0.3, -0.25) is 4.79 Å². The second-order valence-electron chi connectivity index (χ2n) is 3.44.